The van der Waals surface area contributed by atoms with Crippen molar-refractivity contribution in [1.29, 1.82) is 0 Å². The number of urea groups is 1. The number of carbonyl (C=O) groups is 2. The molecule has 88 valence electrons. The number of carboxylic acids is 1. The lowest BCUT2D eigenvalue weighted by atomic mass is 10.4. The summed E-state index contributed by atoms with van der Waals surface area (Å²) in [5.74, 6) is -0.925. The molecule has 1 aromatic heterocycles. The molecule has 0 spiro atoms. The third-order valence-corrected chi connectivity index (χ3v) is 2.44. The van der Waals surface area contributed by atoms with Crippen LogP contribution in [0.25, 0.3) is 0 Å². The van der Waals surface area contributed by atoms with Crippen LogP contribution in [-0.4, -0.2) is 44.7 Å². The number of nitrogens with zero attached hydrogens (tertiary/aromatic N) is 3. The Morgan fingerprint density at radius 1 is 1.62 bits per heavy atom. The highest BCUT2D eigenvalue weighted by molar-refractivity contribution is 7.10. The number of amides is 2. The molecule has 0 radical (unpaired) electrons. The molecule has 0 aliphatic rings. The van der Waals surface area contributed by atoms with E-state index in [-0.39, 0.29) is 19.0 Å². The molecule has 1 aromatic rings. The average molecular weight is 244 g/mol. The van der Waals surface area contributed by atoms with Gasteiger partial charge in [-0.3, -0.25) is 10.1 Å². The van der Waals surface area contributed by atoms with Gasteiger partial charge in [-0.15, -0.1) is 5.10 Å². The van der Waals surface area contributed by atoms with E-state index in [0.29, 0.717) is 11.5 Å². The summed E-state index contributed by atoms with van der Waals surface area (Å²) in [6, 6.07) is -0.338. The van der Waals surface area contributed by atoms with E-state index in [9.17, 15) is 9.59 Å². The number of aromatic nitrogens is 2. The van der Waals surface area contributed by atoms with E-state index < -0.39 is 5.97 Å². The standard InChI is InChI=1S/C8H12N4O3S/c1-2-12(4-3-7(13)14)8(15)10-6-5-9-11-16-6/h5H,2-4H2,1H3,(H,10,15)(H,13,14). The maximum Gasteiger partial charge on any atom is 0.322 e. The first-order valence-corrected chi connectivity index (χ1v) is 5.46. The number of anilines is 1. The van der Waals surface area contributed by atoms with Gasteiger partial charge >= 0.3 is 12.0 Å². The van der Waals surface area contributed by atoms with Crippen molar-refractivity contribution in [3.63, 3.8) is 0 Å². The van der Waals surface area contributed by atoms with Gasteiger partial charge in [0.1, 0.15) is 5.00 Å². The second kappa shape index (κ2) is 6.01. The van der Waals surface area contributed by atoms with E-state index in [4.69, 9.17) is 5.11 Å². The summed E-state index contributed by atoms with van der Waals surface area (Å²) in [7, 11) is 0. The molecule has 0 fully saturated rings. The third kappa shape index (κ3) is 3.81. The van der Waals surface area contributed by atoms with Crippen molar-refractivity contribution >= 4 is 28.5 Å². The molecule has 2 N–H and O–H groups in total. The Balaban J connectivity index is 2.46. The summed E-state index contributed by atoms with van der Waals surface area (Å²) in [6.45, 7) is 2.42. The molecule has 7 nitrogen and oxygen atoms in total. The highest BCUT2D eigenvalue weighted by atomic mass is 32.1. The predicted molar refractivity (Wildman–Crippen MR) is 58.4 cm³/mol. The Kier molecular flexibility index (Phi) is 4.65. The van der Waals surface area contributed by atoms with E-state index in [1.165, 1.54) is 11.1 Å². The smallest absolute Gasteiger partial charge is 0.322 e. The summed E-state index contributed by atoms with van der Waals surface area (Å²) >= 11 is 1.07. The van der Waals surface area contributed by atoms with Gasteiger partial charge in [-0.1, -0.05) is 4.49 Å². The minimum Gasteiger partial charge on any atom is -0.481 e. The summed E-state index contributed by atoms with van der Waals surface area (Å²) in [4.78, 5) is 23.4. The fourth-order valence-corrected chi connectivity index (χ4v) is 1.45. The van der Waals surface area contributed by atoms with E-state index >= 15 is 0 Å². The monoisotopic (exact) mass is 244 g/mol. The lowest BCUT2D eigenvalue weighted by Crippen LogP contribution is -2.36. The highest BCUT2D eigenvalue weighted by Gasteiger charge is 2.13. The van der Waals surface area contributed by atoms with Gasteiger partial charge in [0.2, 0.25) is 0 Å². The number of rotatable bonds is 5. The highest BCUT2D eigenvalue weighted by Crippen LogP contribution is 2.10. The number of hydrogen-bond donors (Lipinski definition) is 2. The number of hydrogen-bond acceptors (Lipinski definition) is 5. The number of carboxylic acid groups (broad SMARTS) is 1. The molecule has 8 heteroatoms. The van der Waals surface area contributed by atoms with E-state index in [1.54, 1.807) is 6.92 Å². The van der Waals surface area contributed by atoms with Gasteiger partial charge in [0.15, 0.2) is 0 Å². The lowest BCUT2D eigenvalue weighted by Gasteiger charge is -2.19. The van der Waals surface area contributed by atoms with Crippen molar-refractivity contribution in [1.82, 2.24) is 14.5 Å². The molecule has 0 aromatic carbocycles. The van der Waals surface area contributed by atoms with Crippen molar-refractivity contribution in [3.8, 4) is 0 Å². The quantitative estimate of drug-likeness (QED) is 0.801. The van der Waals surface area contributed by atoms with E-state index in [0.717, 1.165) is 11.5 Å². The first kappa shape index (κ1) is 12.4. The Hall–Kier alpha value is -1.70. The van der Waals surface area contributed by atoms with Gasteiger partial charge in [-0.05, 0) is 6.92 Å². The molecular formula is C8H12N4O3S. The molecule has 2 amide bonds. The molecule has 0 bridgehead atoms. The zero-order valence-corrected chi connectivity index (χ0v) is 9.53. The average Bonchev–Trinajstić information content (AvgIpc) is 2.71. The largest absolute Gasteiger partial charge is 0.481 e. The van der Waals surface area contributed by atoms with Gasteiger partial charge in [0, 0.05) is 24.6 Å². The van der Waals surface area contributed by atoms with Crippen LogP contribution < -0.4 is 5.32 Å². The fraction of sp³-hybridized carbons (Fsp3) is 0.500. The fourth-order valence-electron chi connectivity index (χ4n) is 1.04. The second-order valence-corrected chi connectivity index (χ2v) is 3.72. The van der Waals surface area contributed by atoms with Crippen LogP contribution >= 0.6 is 11.5 Å². The van der Waals surface area contributed by atoms with Gasteiger partial charge in [-0.25, -0.2) is 4.79 Å². The van der Waals surface area contributed by atoms with Crippen LogP contribution in [0.4, 0.5) is 9.80 Å². The van der Waals surface area contributed by atoms with Gasteiger partial charge in [0.25, 0.3) is 0 Å². The Labute approximate surface area is 96.2 Å². The zero-order chi connectivity index (χ0) is 12.0. The number of nitrogens with one attached hydrogen (secondary N) is 1. The first-order chi connectivity index (χ1) is 7.63. The van der Waals surface area contributed by atoms with Crippen molar-refractivity contribution < 1.29 is 14.7 Å². The van der Waals surface area contributed by atoms with Crippen molar-refractivity contribution in [2.45, 2.75) is 13.3 Å². The molecule has 16 heavy (non-hydrogen) atoms. The van der Waals surface area contributed by atoms with Crippen LogP contribution in [0.15, 0.2) is 6.20 Å². The second-order valence-electron chi connectivity index (χ2n) is 2.94. The Morgan fingerprint density at radius 3 is 2.88 bits per heavy atom. The molecular weight excluding hydrogens is 232 g/mol. The predicted octanol–water partition coefficient (Wildman–Crippen LogP) is 0.867. The Morgan fingerprint density at radius 2 is 2.38 bits per heavy atom. The van der Waals surface area contributed by atoms with Crippen molar-refractivity contribution in [2.75, 3.05) is 18.4 Å². The van der Waals surface area contributed by atoms with Gasteiger partial charge in [-0.2, -0.15) is 0 Å². The molecule has 0 unspecified atom stereocenters. The van der Waals surface area contributed by atoms with Crippen LogP contribution in [0.2, 0.25) is 0 Å². The summed E-state index contributed by atoms with van der Waals surface area (Å²) in [6.07, 6.45) is 1.37. The summed E-state index contributed by atoms with van der Waals surface area (Å²) < 4.78 is 3.60. The van der Waals surface area contributed by atoms with Gasteiger partial charge < -0.3 is 10.0 Å². The maximum atomic E-state index is 11.6. The SMILES string of the molecule is CCN(CCC(=O)O)C(=O)Nc1cnns1. The number of carbonyl (C=O) groups excluding carboxylic acids is 1. The van der Waals surface area contributed by atoms with Crippen LogP contribution in [0.5, 0.6) is 0 Å². The van der Waals surface area contributed by atoms with Crippen LogP contribution in [-0.2, 0) is 4.79 Å². The van der Waals surface area contributed by atoms with Crippen molar-refractivity contribution in [3.05, 3.63) is 6.20 Å². The third-order valence-electron chi connectivity index (χ3n) is 1.86. The minimum atomic E-state index is -0.925. The van der Waals surface area contributed by atoms with Crippen molar-refractivity contribution in [2.24, 2.45) is 0 Å². The Bertz CT molecular complexity index is 354. The molecule has 0 saturated carbocycles. The van der Waals surface area contributed by atoms with Crippen LogP contribution in [0.3, 0.4) is 0 Å². The van der Waals surface area contributed by atoms with Gasteiger partial charge in [0.05, 0.1) is 12.6 Å². The molecule has 0 atom stereocenters. The van der Waals surface area contributed by atoms with E-state index in [2.05, 4.69) is 14.9 Å². The molecule has 1 heterocycles. The summed E-state index contributed by atoms with van der Waals surface area (Å²) in [5.41, 5.74) is 0. The molecule has 0 aliphatic carbocycles. The molecule has 1 rings (SSSR count). The normalized spacial score (nSPS) is 9.81. The molecule has 0 saturated heterocycles. The number of aliphatic carboxylic acids is 1. The first-order valence-electron chi connectivity index (χ1n) is 4.68. The van der Waals surface area contributed by atoms with Crippen LogP contribution in [0.1, 0.15) is 13.3 Å². The summed E-state index contributed by atoms with van der Waals surface area (Å²) in [5, 5.41) is 15.2. The molecule has 0 aliphatic heterocycles. The van der Waals surface area contributed by atoms with E-state index in [1.807, 2.05) is 0 Å². The lowest BCUT2D eigenvalue weighted by molar-refractivity contribution is -0.137. The van der Waals surface area contributed by atoms with Crippen LogP contribution in [0, 0.1) is 0 Å². The zero-order valence-electron chi connectivity index (χ0n) is 8.71. The minimum absolute atomic E-state index is 0.0673. The topological polar surface area (TPSA) is 95.4 Å². The maximum absolute atomic E-state index is 11.6.